The molecule has 148 valence electrons. The van der Waals surface area contributed by atoms with Crippen LogP contribution in [0.5, 0.6) is 0 Å². The average molecular weight is 410 g/mol. The van der Waals surface area contributed by atoms with Gasteiger partial charge < -0.3 is 5.32 Å². The fourth-order valence-electron chi connectivity index (χ4n) is 3.37. The van der Waals surface area contributed by atoms with Crippen molar-refractivity contribution in [2.24, 2.45) is 7.05 Å². The minimum Gasteiger partial charge on any atom is -0.300 e. The maximum atomic E-state index is 13.1. The van der Waals surface area contributed by atoms with Gasteiger partial charge in [-0.2, -0.15) is 23.4 Å². The number of carbonyl (C=O) groups excluding carboxylic acids is 1. The number of anilines is 1. The summed E-state index contributed by atoms with van der Waals surface area (Å²) < 4.78 is 42.3. The van der Waals surface area contributed by atoms with Crippen molar-refractivity contribution in [3.8, 4) is 11.3 Å². The first-order valence-electron chi connectivity index (χ1n) is 8.64. The molecule has 0 aliphatic heterocycles. The molecule has 3 aromatic rings. The number of carbonyl (C=O) groups is 1. The van der Waals surface area contributed by atoms with E-state index in [4.69, 9.17) is 0 Å². The van der Waals surface area contributed by atoms with E-state index in [0.29, 0.717) is 35.8 Å². The zero-order chi connectivity index (χ0) is 20.1. The Balaban J connectivity index is 1.50. The van der Waals surface area contributed by atoms with Gasteiger partial charge in [-0.05, 0) is 26.2 Å². The minimum absolute atomic E-state index is 0.212. The molecule has 0 spiro atoms. The molecular formula is C17H17F3N6OS. The number of hydrogen-bond acceptors (Lipinski definition) is 5. The van der Waals surface area contributed by atoms with Gasteiger partial charge >= 0.3 is 6.18 Å². The lowest BCUT2D eigenvalue weighted by Gasteiger charge is -2.06. The molecule has 28 heavy (non-hydrogen) atoms. The summed E-state index contributed by atoms with van der Waals surface area (Å²) in [4.78, 5) is 16.7. The molecule has 1 aliphatic carbocycles. The maximum absolute atomic E-state index is 13.1. The molecule has 0 atom stereocenters. The van der Waals surface area contributed by atoms with E-state index >= 15 is 0 Å². The molecule has 11 heteroatoms. The Kier molecular flexibility index (Phi) is 4.48. The highest BCUT2D eigenvalue weighted by Crippen LogP contribution is 2.36. The van der Waals surface area contributed by atoms with E-state index in [2.05, 4.69) is 20.5 Å². The van der Waals surface area contributed by atoms with Crippen molar-refractivity contribution < 1.29 is 18.0 Å². The lowest BCUT2D eigenvalue weighted by Crippen LogP contribution is -2.21. The van der Waals surface area contributed by atoms with Crippen molar-refractivity contribution in [2.75, 3.05) is 5.32 Å². The second-order valence-corrected chi connectivity index (χ2v) is 7.49. The number of aromatic nitrogens is 5. The molecule has 0 bridgehead atoms. The van der Waals surface area contributed by atoms with Gasteiger partial charge in [0.1, 0.15) is 6.54 Å². The van der Waals surface area contributed by atoms with Gasteiger partial charge in [-0.25, -0.2) is 4.98 Å². The SMILES string of the molecule is Cc1c(-c2csc(NC(=O)Cn3nc(C(F)(F)F)c4c3CCC4)n2)cnn1C. The van der Waals surface area contributed by atoms with E-state index in [0.717, 1.165) is 11.3 Å². The normalized spacial score (nSPS) is 13.8. The third-order valence-electron chi connectivity index (χ3n) is 4.83. The van der Waals surface area contributed by atoms with Gasteiger partial charge in [-0.3, -0.25) is 14.2 Å². The van der Waals surface area contributed by atoms with Gasteiger partial charge in [0.2, 0.25) is 5.91 Å². The Morgan fingerprint density at radius 3 is 2.82 bits per heavy atom. The number of halogens is 3. The van der Waals surface area contributed by atoms with Crippen molar-refractivity contribution >= 4 is 22.4 Å². The fraction of sp³-hybridized carbons (Fsp3) is 0.412. The van der Waals surface area contributed by atoms with Crippen LogP contribution in [0.25, 0.3) is 11.3 Å². The Bertz CT molecular complexity index is 1050. The van der Waals surface area contributed by atoms with Crippen LogP contribution in [0.1, 0.15) is 29.1 Å². The van der Waals surface area contributed by atoms with Gasteiger partial charge in [0.05, 0.1) is 11.9 Å². The van der Waals surface area contributed by atoms with Crippen LogP contribution < -0.4 is 5.32 Å². The smallest absolute Gasteiger partial charge is 0.300 e. The Morgan fingerprint density at radius 2 is 2.14 bits per heavy atom. The van der Waals surface area contributed by atoms with Gasteiger partial charge in [-0.1, -0.05) is 0 Å². The van der Waals surface area contributed by atoms with Crippen LogP contribution in [0.3, 0.4) is 0 Å². The molecule has 4 rings (SSSR count). The summed E-state index contributed by atoms with van der Waals surface area (Å²) in [6, 6.07) is 0. The zero-order valence-electron chi connectivity index (χ0n) is 15.2. The molecule has 0 saturated heterocycles. The number of fused-ring (bicyclic) bond motifs is 1. The molecule has 3 aromatic heterocycles. The number of aryl methyl sites for hydroxylation is 1. The summed E-state index contributed by atoms with van der Waals surface area (Å²) in [5.41, 5.74) is 2.31. The molecule has 1 amide bonds. The van der Waals surface area contributed by atoms with E-state index in [9.17, 15) is 18.0 Å². The van der Waals surface area contributed by atoms with Crippen molar-refractivity contribution in [1.82, 2.24) is 24.5 Å². The van der Waals surface area contributed by atoms with Crippen molar-refractivity contribution in [3.05, 3.63) is 34.2 Å². The molecule has 0 saturated carbocycles. The van der Waals surface area contributed by atoms with E-state index in [-0.39, 0.29) is 12.1 Å². The van der Waals surface area contributed by atoms with Crippen molar-refractivity contribution in [2.45, 2.75) is 38.9 Å². The van der Waals surface area contributed by atoms with E-state index in [1.54, 1.807) is 16.3 Å². The highest BCUT2D eigenvalue weighted by molar-refractivity contribution is 7.14. The van der Waals surface area contributed by atoms with Crippen molar-refractivity contribution in [3.63, 3.8) is 0 Å². The second-order valence-electron chi connectivity index (χ2n) is 6.64. The largest absolute Gasteiger partial charge is 0.435 e. The molecule has 1 N–H and O–H groups in total. The van der Waals surface area contributed by atoms with Gasteiger partial charge in [0.25, 0.3) is 0 Å². The van der Waals surface area contributed by atoms with E-state index in [1.165, 1.54) is 16.0 Å². The standard InChI is InChI=1S/C17H17F3N6OS/c1-9-11(6-21-25(9)2)12-8-28-16(22-12)23-14(27)7-26-13-5-3-4-10(13)15(24-26)17(18,19)20/h6,8H,3-5,7H2,1-2H3,(H,22,23,27). The first-order valence-corrected chi connectivity index (χ1v) is 9.52. The van der Waals surface area contributed by atoms with Crippen LogP contribution >= 0.6 is 11.3 Å². The Hall–Kier alpha value is -2.69. The summed E-state index contributed by atoms with van der Waals surface area (Å²) in [6.45, 7) is 1.63. The van der Waals surface area contributed by atoms with Crippen LogP contribution in [0.2, 0.25) is 0 Å². The van der Waals surface area contributed by atoms with Crippen LogP contribution in [-0.2, 0) is 37.4 Å². The summed E-state index contributed by atoms with van der Waals surface area (Å²) in [7, 11) is 1.83. The molecule has 0 unspecified atom stereocenters. The number of nitrogens with one attached hydrogen (secondary N) is 1. The molecule has 7 nitrogen and oxygen atoms in total. The topological polar surface area (TPSA) is 77.6 Å². The van der Waals surface area contributed by atoms with Gasteiger partial charge in [0.15, 0.2) is 10.8 Å². The van der Waals surface area contributed by atoms with E-state index in [1.807, 2.05) is 14.0 Å². The lowest BCUT2D eigenvalue weighted by molar-refractivity contribution is -0.142. The number of nitrogens with zero attached hydrogens (tertiary/aromatic N) is 5. The summed E-state index contributed by atoms with van der Waals surface area (Å²) in [6.07, 6.45) is -1.35. The molecule has 0 radical (unpaired) electrons. The monoisotopic (exact) mass is 410 g/mol. The molecule has 1 aliphatic rings. The summed E-state index contributed by atoms with van der Waals surface area (Å²) in [5, 5.41) is 12.6. The number of alkyl halides is 3. The lowest BCUT2D eigenvalue weighted by atomic mass is 10.2. The van der Waals surface area contributed by atoms with Crippen molar-refractivity contribution in [1.29, 1.82) is 0 Å². The predicted octanol–water partition coefficient (Wildman–Crippen LogP) is 3.19. The Labute approximate surface area is 162 Å². The number of hydrogen-bond donors (Lipinski definition) is 1. The average Bonchev–Trinajstić information content (AvgIpc) is 3.35. The van der Waals surface area contributed by atoms with Crippen LogP contribution in [0.4, 0.5) is 18.3 Å². The molecular weight excluding hydrogens is 393 g/mol. The van der Waals surface area contributed by atoms with Crippen LogP contribution in [0.15, 0.2) is 11.6 Å². The summed E-state index contributed by atoms with van der Waals surface area (Å²) in [5.74, 6) is -0.463. The van der Waals surface area contributed by atoms with Gasteiger partial charge in [0, 0.05) is 34.9 Å². The molecule has 0 fully saturated rings. The number of amides is 1. The molecule has 0 aromatic carbocycles. The third-order valence-corrected chi connectivity index (χ3v) is 5.59. The highest BCUT2D eigenvalue weighted by Gasteiger charge is 2.40. The minimum atomic E-state index is -4.51. The summed E-state index contributed by atoms with van der Waals surface area (Å²) >= 11 is 1.25. The predicted molar refractivity (Wildman–Crippen MR) is 96.9 cm³/mol. The highest BCUT2D eigenvalue weighted by atomic mass is 32.1. The number of thiazole rings is 1. The molecule has 3 heterocycles. The fourth-order valence-corrected chi connectivity index (χ4v) is 4.09. The quantitative estimate of drug-likeness (QED) is 0.717. The maximum Gasteiger partial charge on any atom is 0.435 e. The van der Waals surface area contributed by atoms with Gasteiger partial charge in [-0.15, -0.1) is 11.3 Å². The Morgan fingerprint density at radius 1 is 1.36 bits per heavy atom. The van der Waals surface area contributed by atoms with Crippen LogP contribution in [-0.4, -0.2) is 30.5 Å². The first-order chi connectivity index (χ1) is 13.2. The van der Waals surface area contributed by atoms with Crippen LogP contribution in [0, 0.1) is 6.92 Å². The third kappa shape index (κ3) is 3.30. The zero-order valence-corrected chi connectivity index (χ0v) is 16.0. The first kappa shape index (κ1) is 18.7. The van der Waals surface area contributed by atoms with E-state index < -0.39 is 17.8 Å². The number of rotatable bonds is 4. The second kappa shape index (κ2) is 6.73.